The summed E-state index contributed by atoms with van der Waals surface area (Å²) >= 11 is 1.30. The zero-order valence-corrected chi connectivity index (χ0v) is 20.5. The third-order valence-corrected chi connectivity index (χ3v) is 6.23. The van der Waals surface area contributed by atoms with Gasteiger partial charge in [0.25, 0.3) is 11.7 Å². The van der Waals surface area contributed by atoms with Crippen LogP contribution in [0.2, 0.25) is 0 Å². The molecular formula is C26H26N5O3S+. The van der Waals surface area contributed by atoms with E-state index in [0.29, 0.717) is 10.9 Å². The van der Waals surface area contributed by atoms with Crippen molar-refractivity contribution in [2.75, 3.05) is 12.9 Å². The summed E-state index contributed by atoms with van der Waals surface area (Å²) in [7, 11) is 1.63. The lowest BCUT2D eigenvalue weighted by atomic mass is 10.1. The third kappa shape index (κ3) is 5.88. The van der Waals surface area contributed by atoms with Gasteiger partial charge >= 0.3 is 5.16 Å². The van der Waals surface area contributed by atoms with E-state index in [-0.39, 0.29) is 17.4 Å². The summed E-state index contributed by atoms with van der Waals surface area (Å²) in [6.07, 6.45) is 0. The predicted molar refractivity (Wildman–Crippen MR) is 136 cm³/mol. The van der Waals surface area contributed by atoms with Crippen molar-refractivity contribution in [1.82, 2.24) is 15.6 Å². The Morgan fingerprint density at radius 3 is 2.43 bits per heavy atom. The number of phenols is 1. The first kappa shape index (κ1) is 24.0. The van der Waals surface area contributed by atoms with Crippen molar-refractivity contribution in [2.45, 2.75) is 19.0 Å². The molecule has 35 heavy (non-hydrogen) atoms. The number of carbonyl (C=O) groups is 1. The van der Waals surface area contributed by atoms with Gasteiger partial charge in [0.05, 0.1) is 29.2 Å². The minimum Gasteiger partial charge on any atom is -0.508 e. The monoisotopic (exact) mass is 488 g/mol. The standard InChI is InChI=1S/C26H25N5O3S/c1-17-4-6-20(7-5-17)25-29-30-26(31(25)21-10-14-23(34-3)15-11-21)35-16-24(33)28-27-18(2)19-8-12-22(32)13-9-19/h4-15H,16H2,1-3H3,(H2,27,28,32,33)/p+1. The number of hydrazone groups is 1. The molecular weight excluding hydrogens is 462 g/mol. The number of phenolic OH excluding ortho intramolecular Hbond substituents is 1. The second-order valence-electron chi connectivity index (χ2n) is 7.82. The number of H-pyrrole nitrogens is 1. The van der Waals surface area contributed by atoms with Crippen molar-refractivity contribution in [3.05, 3.63) is 83.9 Å². The van der Waals surface area contributed by atoms with Gasteiger partial charge in [0.15, 0.2) is 0 Å². The van der Waals surface area contributed by atoms with Gasteiger partial charge in [-0.1, -0.05) is 17.7 Å². The Morgan fingerprint density at radius 2 is 1.77 bits per heavy atom. The van der Waals surface area contributed by atoms with E-state index in [1.165, 1.54) is 17.3 Å². The molecule has 0 aliphatic carbocycles. The van der Waals surface area contributed by atoms with Crippen LogP contribution >= 0.6 is 11.8 Å². The highest BCUT2D eigenvalue weighted by atomic mass is 32.2. The first-order valence-corrected chi connectivity index (χ1v) is 11.9. The van der Waals surface area contributed by atoms with Crippen LogP contribution < -0.4 is 14.7 Å². The highest BCUT2D eigenvalue weighted by Crippen LogP contribution is 2.22. The van der Waals surface area contributed by atoms with E-state index >= 15 is 0 Å². The molecule has 1 amide bonds. The number of carbonyl (C=O) groups excluding carboxylic acids is 1. The van der Waals surface area contributed by atoms with Crippen molar-refractivity contribution in [3.63, 3.8) is 0 Å². The van der Waals surface area contributed by atoms with Gasteiger partial charge in [-0.05, 0) is 91.8 Å². The number of ether oxygens (including phenoxy) is 1. The van der Waals surface area contributed by atoms with E-state index in [0.717, 1.165) is 28.4 Å². The molecule has 0 unspecified atom stereocenters. The number of hydrogen-bond donors (Lipinski definition) is 3. The van der Waals surface area contributed by atoms with Crippen molar-refractivity contribution in [2.24, 2.45) is 5.10 Å². The van der Waals surface area contributed by atoms with E-state index in [1.807, 2.05) is 60.0 Å². The fraction of sp³-hybridized carbons (Fsp3) is 0.154. The van der Waals surface area contributed by atoms with Gasteiger partial charge in [0.2, 0.25) is 0 Å². The van der Waals surface area contributed by atoms with Crippen LogP contribution in [0.15, 0.2) is 83.1 Å². The number of aromatic amines is 1. The smallest absolute Gasteiger partial charge is 0.342 e. The van der Waals surface area contributed by atoms with Crippen LogP contribution in [0.5, 0.6) is 11.5 Å². The molecule has 0 bridgehead atoms. The Morgan fingerprint density at radius 1 is 1.09 bits per heavy atom. The summed E-state index contributed by atoms with van der Waals surface area (Å²) in [5.41, 5.74) is 7.06. The maximum atomic E-state index is 12.5. The number of benzene rings is 3. The van der Waals surface area contributed by atoms with Crippen molar-refractivity contribution < 1.29 is 19.2 Å². The lowest BCUT2D eigenvalue weighted by molar-refractivity contribution is -0.625. The van der Waals surface area contributed by atoms with E-state index in [1.54, 1.807) is 38.3 Å². The zero-order chi connectivity index (χ0) is 24.8. The van der Waals surface area contributed by atoms with Crippen LogP contribution in [-0.4, -0.2) is 39.8 Å². The maximum Gasteiger partial charge on any atom is 0.342 e. The van der Waals surface area contributed by atoms with Crippen LogP contribution in [-0.2, 0) is 4.79 Å². The van der Waals surface area contributed by atoms with Gasteiger partial charge in [0.1, 0.15) is 17.2 Å². The minimum absolute atomic E-state index is 0.126. The molecule has 3 aromatic carbocycles. The number of aromatic hydroxyl groups is 1. The van der Waals surface area contributed by atoms with Crippen LogP contribution in [0.25, 0.3) is 17.1 Å². The van der Waals surface area contributed by atoms with Gasteiger partial charge < -0.3 is 9.84 Å². The Hall–Kier alpha value is -4.11. The van der Waals surface area contributed by atoms with Gasteiger partial charge in [-0.3, -0.25) is 4.79 Å². The number of rotatable bonds is 8. The van der Waals surface area contributed by atoms with Gasteiger partial charge in [0, 0.05) is 0 Å². The first-order valence-electron chi connectivity index (χ1n) is 10.9. The first-order chi connectivity index (χ1) is 16.9. The molecule has 0 fully saturated rings. The summed E-state index contributed by atoms with van der Waals surface area (Å²) in [5, 5.41) is 21.8. The van der Waals surface area contributed by atoms with Gasteiger partial charge in [-0.25, -0.2) is 5.43 Å². The summed E-state index contributed by atoms with van der Waals surface area (Å²) in [6, 6.07) is 22.4. The van der Waals surface area contributed by atoms with E-state index < -0.39 is 0 Å². The molecule has 3 N–H and O–H groups in total. The number of amides is 1. The second kappa shape index (κ2) is 10.9. The summed E-state index contributed by atoms with van der Waals surface area (Å²) in [5.74, 6) is 1.61. The molecule has 0 atom stereocenters. The molecule has 4 aromatic rings. The Labute approximate surface area is 207 Å². The molecule has 1 aromatic heterocycles. The summed E-state index contributed by atoms with van der Waals surface area (Å²) in [6.45, 7) is 3.83. The number of thioether (sulfide) groups is 1. The van der Waals surface area contributed by atoms with E-state index in [9.17, 15) is 9.90 Å². The topological polar surface area (TPSA) is 103 Å². The second-order valence-corrected chi connectivity index (χ2v) is 8.76. The van der Waals surface area contributed by atoms with Crippen LogP contribution in [0.4, 0.5) is 0 Å². The van der Waals surface area contributed by atoms with Crippen molar-refractivity contribution in [1.29, 1.82) is 0 Å². The highest BCUT2D eigenvalue weighted by molar-refractivity contribution is 7.99. The zero-order valence-electron chi connectivity index (χ0n) is 19.6. The Balaban J connectivity index is 1.53. The average molecular weight is 489 g/mol. The Kier molecular flexibility index (Phi) is 7.47. The van der Waals surface area contributed by atoms with E-state index in [4.69, 9.17) is 4.74 Å². The highest BCUT2D eigenvalue weighted by Gasteiger charge is 2.24. The third-order valence-electron chi connectivity index (χ3n) is 5.29. The number of nitrogens with zero attached hydrogens (tertiary/aromatic N) is 3. The van der Waals surface area contributed by atoms with Gasteiger partial charge in [-0.15, -0.1) is 5.10 Å². The number of methoxy groups -OCH3 is 1. The molecule has 0 saturated carbocycles. The SMILES string of the molecule is COc1ccc(-[n+]2c(SCC(=O)NN=C(C)c3ccc(O)cc3)n[nH]c2-c2ccc(C)cc2)cc1. The fourth-order valence-electron chi connectivity index (χ4n) is 3.34. The summed E-state index contributed by atoms with van der Waals surface area (Å²) in [4.78, 5) is 12.5. The number of aromatic nitrogens is 3. The molecule has 0 saturated heterocycles. The number of nitrogens with one attached hydrogen (secondary N) is 2. The molecule has 0 aliphatic heterocycles. The molecule has 0 spiro atoms. The quantitative estimate of drug-likeness (QED) is 0.151. The molecule has 4 rings (SSSR count). The van der Waals surface area contributed by atoms with Crippen molar-refractivity contribution in [3.8, 4) is 28.6 Å². The maximum absolute atomic E-state index is 12.5. The number of aryl methyl sites for hydroxylation is 1. The Bertz CT molecular complexity index is 1330. The summed E-state index contributed by atoms with van der Waals surface area (Å²) < 4.78 is 7.27. The minimum atomic E-state index is -0.255. The average Bonchev–Trinajstić information content (AvgIpc) is 3.31. The molecule has 8 nitrogen and oxygen atoms in total. The van der Waals surface area contributed by atoms with Crippen molar-refractivity contribution >= 4 is 23.4 Å². The molecule has 9 heteroatoms. The van der Waals surface area contributed by atoms with Crippen LogP contribution in [0.3, 0.4) is 0 Å². The van der Waals surface area contributed by atoms with Gasteiger partial charge in [-0.2, -0.15) is 9.67 Å². The molecule has 178 valence electrons. The van der Waals surface area contributed by atoms with E-state index in [2.05, 4.69) is 20.7 Å². The number of hydrogen-bond acceptors (Lipinski definition) is 6. The van der Waals surface area contributed by atoms with Crippen LogP contribution in [0.1, 0.15) is 18.1 Å². The van der Waals surface area contributed by atoms with Crippen LogP contribution in [0, 0.1) is 6.92 Å². The lowest BCUT2D eigenvalue weighted by Gasteiger charge is -2.06. The predicted octanol–water partition coefficient (Wildman–Crippen LogP) is 4.01. The molecule has 0 aliphatic rings. The molecule has 1 heterocycles. The normalized spacial score (nSPS) is 11.3. The largest absolute Gasteiger partial charge is 0.508 e. The lowest BCUT2D eigenvalue weighted by Crippen LogP contribution is -2.34. The fourth-order valence-corrected chi connectivity index (χ4v) is 4.11. The molecule has 0 radical (unpaired) electrons.